The van der Waals surface area contributed by atoms with Crippen molar-refractivity contribution >= 4 is 0 Å². The first-order valence-electron chi connectivity index (χ1n) is 4.00. The molecular formula is C8H12N2O. The maximum absolute atomic E-state index is 5.15. The fraction of sp³-hybridized carbons (Fsp3) is 0.625. The summed E-state index contributed by atoms with van der Waals surface area (Å²) in [4.78, 5) is 0. The van der Waals surface area contributed by atoms with E-state index in [1.165, 1.54) is 18.4 Å². The molecule has 1 aliphatic rings. The predicted molar refractivity (Wildman–Crippen MR) is 41.2 cm³/mol. The number of nitrogens with one attached hydrogen (secondary N) is 1. The van der Waals surface area contributed by atoms with Crippen molar-refractivity contribution in [3.05, 3.63) is 17.5 Å². The third-order valence-electron chi connectivity index (χ3n) is 1.99. The summed E-state index contributed by atoms with van der Waals surface area (Å²) in [7, 11) is 1.93. The highest BCUT2D eigenvalue weighted by atomic mass is 16.5. The SMILES string of the molecule is CNCc1cnoc1C1CC1. The van der Waals surface area contributed by atoms with Gasteiger partial charge in [-0.1, -0.05) is 5.16 Å². The molecule has 0 radical (unpaired) electrons. The Morgan fingerprint density at radius 2 is 2.55 bits per heavy atom. The van der Waals surface area contributed by atoms with E-state index in [4.69, 9.17) is 4.52 Å². The van der Waals surface area contributed by atoms with Gasteiger partial charge in [0, 0.05) is 18.0 Å². The van der Waals surface area contributed by atoms with Crippen LogP contribution in [0.5, 0.6) is 0 Å². The van der Waals surface area contributed by atoms with Gasteiger partial charge in [-0.2, -0.15) is 0 Å². The molecule has 0 unspecified atom stereocenters. The van der Waals surface area contributed by atoms with Gasteiger partial charge in [0.05, 0.1) is 6.20 Å². The molecule has 0 aliphatic heterocycles. The maximum Gasteiger partial charge on any atom is 0.144 e. The molecule has 0 spiro atoms. The molecule has 3 heteroatoms. The standard InChI is InChI=1S/C8H12N2O/c1-9-4-7-5-10-11-8(7)6-2-3-6/h5-6,9H,2-4H2,1H3. The average Bonchev–Trinajstić information content (AvgIpc) is 2.75. The lowest BCUT2D eigenvalue weighted by molar-refractivity contribution is 0.382. The fourth-order valence-electron chi connectivity index (χ4n) is 1.27. The Morgan fingerprint density at radius 1 is 1.73 bits per heavy atom. The van der Waals surface area contributed by atoms with Crippen molar-refractivity contribution in [3.63, 3.8) is 0 Å². The molecule has 1 saturated carbocycles. The molecule has 0 saturated heterocycles. The van der Waals surface area contributed by atoms with E-state index in [1.807, 2.05) is 13.2 Å². The van der Waals surface area contributed by atoms with Crippen LogP contribution < -0.4 is 5.32 Å². The minimum atomic E-state index is 0.667. The Hall–Kier alpha value is -0.830. The highest BCUT2D eigenvalue weighted by Gasteiger charge is 2.29. The van der Waals surface area contributed by atoms with Crippen LogP contribution in [0.3, 0.4) is 0 Å². The fourth-order valence-corrected chi connectivity index (χ4v) is 1.27. The predicted octanol–water partition coefficient (Wildman–Crippen LogP) is 1.27. The second-order valence-electron chi connectivity index (χ2n) is 3.02. The maximum atomic E-state index is 5.15. The van der Waals surface area contributed by atoms with E-state index in [0.717, 1.165) is 12.3 Å². The Labute approximate surface area is 65.8 Å². The topological polar surface area (TPSA) is 38.1 Å². The Kier molecular flexibility index (Phi) is 1.66. The largest absolute Gasteiger partial charge is 0.361 e. The smallest absolute Gasteiger partial charge is 0.144 e. The van der Waals surface area contributed by atoms with Gasteiger partial charge in [0.2, 0.25) is 0 Å². The highest BCUT2D eigenvalue weighted by molar-refractivity contribution is 5.21. The van der Waals surface area contributed by atoms with Crippen LogP contribution in [0.2, 0.25) is 0 Å². The van der Waals surface area contributed by atoms with Gasteiger partial charge < -0.3 is 9.84 Å². The minimum Gasteiger partial charge on any atom is -0.361 e. The van der Waals surface area contributed by atoms with E-state index in [2.05, 4.69) is 10.5 Å². The molecule has 1 aromatic heterocycles. The first-order valence-corrected chi connectivity index (χ1v) is 4.00. The first kappa shape index (κ1) is 6.85. The molecule has 1 heterocycles. The van der Waals surface area contributed by atoms with Crippen molar-refractivity contribution in [3.8, 4) is 0 Å². The zero-order chi connectivity index (χ0) is 7.68. The van der Waals surface area contributed by atoms with E-state index < -0.39 is 0 Å². The molecule has 1 aromatic rings. The van der Waals surface area contributed by atoms with Crippen LogP contribution in [0.15, 0.2) is 10.7 Å². The molecule has 60 valence electrons. The number of nitrogens with zero attached hydrogens (tertiary/aromatic N) is 1. The average molecular weight is 152 g/mol. The van der Waals surface area contributed by atoms with Crippen LogP contribution in [0, 0.1) is 0 Å². The van der Waals surface area contributed by atoms with Crippen LogP contribution in [0.4, 0.5) is 0 Å². The van der Waals surface area contributed by atoms with Gasteiger partial charge in [-0.25, -0.2) is 0 Å². The third-order valence-corrected chi connectivity index (χ3v) is 1.99. The van der Waals surface area contributed by atoms with Crippen molar-refractivity contribution < 1.29 is 4.52 Å². The zero-order valence-corrected chi connectivity index (χ0v) is 6.63. The molecule has 1 aliphatic carbocycles. The van der Waals surface area contributed by atoms with Crippen LogP contribution in [0.1, 0.15) is 30.1 Å². The normalized spacial score (nSPS) is 17.2. The molecule has 3 nitrogen and oxygen atoms in total. The molecule has 0 atom stereocenters. The number of hydrogen-bond acceptors (Lipinski definition) is 3. The summed E-state index contributed by atoms with van der Waals surface area (Å²) in [5, 5.41) is 6.88. The van der Waals surface area contributed by atoms with Crippen LogP contribution in [0.25, 0.3) is 0 Å². The summed E-state index contributed by atoms with van der Waals surface area (Å²) < 4.78 is 5.15. The molecule has 0 amide bonds. The summed E-state index contributed by atoms with van der Waals surface area (Å²) in [6.07, 6.45) is 4.35. The van der Waals surface area contributed by atoms with Gasteiger partial charge in [-0.15, -0.1) is 0 Å². The molecule has 2 rings (SSSR count). The van der Waals surface area contributed by atoms with E-state index in [1.54, 1.807) is 0 Å². The second kappa shape index (κ2) is 2.66. The van der Waals surface area contributed by atoms with Gasteiger partial charge in [0.25, 0.3) is 0 Å². The highest BCUT2D eigenvalue weighted by Crippen LogP contribution is 2.41. The van der Waals surface area contributed by atoms with Crippen molar-refractivity contribution in [2.45, 2.75) is 25.3 Å². The second-order valence-corrected chi connectivity index (χ2v) is 3.02. The van der Waals surface area contributed by atoms with Gasteiger partial charge in [0.1, 0.15) is 5.76 Å². The summed E-state index contributed by atoms with van der Waals surface area (Å²) in [5.74, 6) is 1.76. The van der Waals surface area contributed by atoms with E-state index in [-0.39, 0.29) is 0 Å². The van der Waals surface area contributed by atoms with Crippen molar-refractivity contribution in [1.29, 1.82) is 0 Å². The van der Waals surface area contributed by atoms with Crippen molar-refractivity contribution in [1.82, 2.24) is 10.5 Å². The van der Waals surface area contributed by atoms with E-state index in [0.29, 0.717) is 5.92 Å². The van der Waals surface area contributed by atoms with E-state index in [9.17, 15) is 0 Å². The minimum absolute atomic E-state index is 0.667. The lowest BCUT2D eigenvalue weighted by Crippen LogP contribution is -2.05. The van der Waals surface area contributed by atoms with Gasteiger partial charge >= 0.3 is 0 Å². The lowest BCUT2D eigenvalue weighted by atomic mass is 10.2. The molecular weight excluding hydrogens is 140 g/mol. The lowest BCUT2D eigenvalue weighted by Gasteiger charge is -1.95. The summed E-state index contributed by atoms with van der Waals surface area (Å²) >= 11 is 0. The Bertz CT molecular complexity index is 240. The quantitative estimate of drug-likeness (QED) is 0.708. The third kappa shape index (κ3) is 1.28. The zero-order valence-electron chi connectivity index (χ0n) is 6.63. The Morgan fingerprint density at radius 3 is 3.18 bits per heavy atom. The van der Waals surface area contributed by atoms with Gasteiger partial charge in [-0.05, 0) is 19.9 Å². The van der Waals surface area contributed by atoms with E-state index >= 15 is 0 Å². The number of hydrogen-bond donors (Lipinski definition) is 1. The van der Waals surface area contributed by atoms with Gasteiger partial charge in [-0.3, -0.25) is 0 Å². The number of rotatable bonds is 3. The molecule has 0 aromatic carbocycles. The summed E-state index contributed by atoms with van der Waals surface area (Å²) in [6.45, 7) is 0.870. The molecule has 1 N–H and O–H groups in total. The van der Waals surface area contributed by atoms with Crippen molar-refractivity contribution in [2.75, 3.05) is 7.05 Å². The van der Waals surface area contributed by atoms with Crippen LogP contribution in [-0.4, -0.2) is 12.2 Å². The molecule has 1 fully saturated rings. The Balaban J connectivity index is 2.16. The van der Waals surface area contributed by atoms with Crippen molar-refractivity contribution in [2.24, 2.45) is 0 Å². The molecule has 11 heavy (non-hydrogen) atoms. The summed E-state index contributed by atoms with van der Waals surface area (Å²) in [6, 6.07) is 0. The summed E-state index contributed by atoms with van der Waals surface area (Å²) in [5.41, 5.74) is 1.22. The first-order chi connectivity index (χ1) is 5.42. The monoisotopic (exact) mass is 152 g/mol. The number of aromatic nitrogens is 1. The molecule has 0 bridgehead atoms. The van der Waals surface area contributed by atoms with Gasteiger partial charge in [0.15, 0.2) is 0 Å². The van der Waals surface area contributed by atoms with Crippen LogP contribution in [-0.2, 0) is 6.54 Å². The van der Waals surface area contributed by atoms with Crippen LogP contribution >= 0.6 is 0 Å².